The third-order valence-corrected chi connectivity index (χ3v) is 5.64. The van der Waals surface area contributed by atoms with Gasteiger partial charge in [-0.1, -0.05) is 84.9 Å². The number of likely N-dealkylation sites (N-methyl/N-ethyl adjacent to an activating group) is 1. The van der Waals surface area contributed by atoms with E-state index in [1.807, 2.05) is 18.0 Å². The Balaban J connectivity index is 1.79. The second kappa shape index (κ2) is 6.53. The molecule has 1 unspecified atom stereocenters. The van der Waals surface area contributed by atoms with Gasteiger partial charge in [0.05, 0.1) is 5.92 Å². The molecular weight excluding hydrogens is 342 g/mol. The van der Waals surface area contributed by atoms with Crippen molar-refractivity contribution in [2.24, 2.45) is 0 Å². The Hall–Kier alpha value is -3.61. The molecule has 1 atom stereocenters. The normalized spacial score (nSPS) is 16.5. The maximum Gasteiger partial charge on any atom is 0.147 e. The summed E-state index contributed by atoms with van der Waals surface area (Å²) >= 11 is 0. The Morgan fingerprint density at radius 3 is 2.11 bits per heavy atom. The summed E-state index contributed by atoms with van der Waals surface area (Å²) in [5.41, 5.74) is 4.08. The summed E-state index contributed by atoms with van der Waals surface area (Å²) in [6.45, 7) is 0. The van der Waals surface area contributed by atoms with Gasteiger partial charge in [-0.05, 0) is 38.2 Å². The Labute approximate surface area is 164 Å². The largest absolute Gasteiger partial charge is 0.344 e. The Bertz CT molecular complexity index is 1280. The molecule has 134 valence electrons. The number of hydrogen-bond donors (Lipinski definition) is 0. The van der Waals surface area contributed by atoms with Crippen molar-refractivity contribution >= 4 is 33.1 Å². The summed E-state index contributed by atoms with van der Waals surface area (Å²) in [7, 11) is 1.93. The summed E-state index contributed by atoms with van der Waals surface area (Å²) in [5, 5.41) is 4.74. The smallest absolute Gasteiger partial charge is 0.147 e. The van der Waals surface area contributed by atoms with Crippen LogP contribution in [0.5, 0.6) is 0 Å². The summed E-state index contributed by atoms with van der Waals surface area (Å²) in [6, 6.07) is 29.4. The lowest BCUT2D eigenvalue weighted by molar-refractivity contribution is 0.536. The zero-order chi connectivity index (χ0) is 19.1. The van der Waals surface area contributed by atoms with Crippen molar-refractivity contribution in [1.82, 2.24) is 4.90 Å². The summed E-state index contributed by atoms with van der Waals surface area (Å²) < 4.78 is 0. The van der Waals surface area contributed by atoms with Crippen molar-refractivity contribution in [3.63, 3.8) is 0 Å². The molecule has 0 radical (unpaired) electrons. The van der Waals surface area contributed by atoms with Crippen molar-refractivity contribution in [3.8, 4) is 0 Å². The predicted octanol–water partition coefficient (Wildman–Crippen LogP) is 5.78. The molecule has 0 N–H and O–H groups in total. The molecule has 0 spiro atoms. The van der Waals surface area contributed by atoms with Gasteiger partial charge in [0.15, 0.2) is 0 Å². The van der Waals surface area contributed by atoms with E-state index in [0.29, 0.717) is 5.70 Å². The van der Waals surface area contributed by atoms with Crippen LogP contribution in [-0.4, -0.2) is 17.9 Å². The van der Waals surface area contributed by atoms with Gasteiger partial charge in [0.2, 0.25) is 0 Å². The standard InChI is InChI=1S/C26H19NO/c1-27-16-24(22-14-6-10-18-8-2-4-12-20(18)22)26(25(27)17-28)23-15-7-11-19-9-3-5-13-21(19)23/h2-16,26H,1H3. The summed E-state index contributed by atoms with van der Waals surface area (Å²) in [4.78, 5) is 13.9. The minimum Gasteiger partial charge on any atom is -0.344 e. The Kier molecular flexibility index (Phi) is 3.86. The van der Waals surface area contributed by atoms with Crippen LogP contribution in [-0.2, 0) is 4.79 Å². The zero-order valence-electron chi connectivity index (χ0n) is 15.6. The lowest BCUT2D eigenvalue weighted by Gasteiger charge is -2.20. The molecule has 2 heteroatoms. The monoisotopic (exact) mass is 361 g/mol. The minimum absolute atomic E-state index is 0.139. The maximum absolute atomic E-state index is 11.9. The first kappa shape index (κ1) is 16.6. The van der Waals surface area contributed by atoms with E-state index >= 15 is 0 Å². The van der Waals surface area contributed by atoms with E-state index in [2.05, 4.69) is 91.0 Å². The van der Waals surface area contributed by atoms with Crippen LogP contribution in [0.1, 0.15) is 17.0 Å². The molecule has 5 rings (SSSR count). The number of nitrogens with zero attached hydrogens (tertiary/aromatic N) is 1. The average Bonchev–Trinajstić information content (AvgIpc) is 3.08. The molecule has 0 aliphatic carbocycles. The first-order valence-corrected chi connectivity index (χ1v) is 9.43. The van der Waals surface area contributed by atoms with Gasteiger partial charge in [0.1, 0.15) is 11.6 Å². The van der Waals surface area contributed by atoms with E-state index in [1.54, 1.807) is 0 Å². The van der Waals surface area contributed by atoms with Gasteiger partial charge in [0, 0.05) is 13.2 Å². The second-order valence-electron chi connectivity index (χ2n) is 7.21. The third-order valence-electron chi connectivity index (χ3n) is 5.64. The molecule has 1 aliphatic heterocycles. The summed E-state index contributed by atoms with van der Waals surface area (Å²) in [6.07, 6.45) is 2.08. The SMILES string of the molecule is CN1C=C(c2cccc3ccccc23)C(c2cccc3ccccc23)C1=C=O. The van der Waals surface area contributed by atoms with Crippen molar-refractivity contribution in [2.45, 2.75) is 5.92 Å². The van der Waals surface area contributed by atoms with Crippen LogP contribution in [0, 0.1) is 0 Å². The van der Waals surface area contributed by atoms with Crippen molar-refractivity contribution in [2.75, 3.05) is 7.05 Å². The van der Waals surface area contributed by atoms with Gasteiger partial charge in [-0.15, -0.1) is 0 Å². The lowest BCUT2D eigenvalue weighted by Crippen LogP contribution is -2.11. The van der Waals surface area contributed by atoms with Gasteiger partial charge in [-0.3, -0.25) is 0 Å². The number of fused-ring (bicyclic) bond motifs is 2. The first-order valence-electron chi connectivity index (χ1n) is 9.43. The van der Waals surface area contributed by atoms with E-state index in [-0.39, 0.29) is 5.92 Å². The van der Waals surface area contributed by atoms with E-state index in [4.69, 9.17) is 0 Å². The predicted molar refractivity (Wildman–Crippen MR) is 116 cm³/mol. The van der Waals surface area contributed by atoms with E-state index in [1.165, 1.54) is 21.5 Å². The average molecular weight is 361 g/mol. The molecule has 1 heterocycles. The number of benzene rings is 4. The third kappa shape index (κ3) is 2.47. The molecule has 0 bridgehead atoms. The minimum atomic E-state index is -0.139. The molecular formula is C26H19NO. The Morgan fingerprint density at radius 2 is 1.36 bits per heavy atom. The zero-order valence-corrected chi connectivity index (χ0v) is 15.6. The molecule has 0 amide bonds. The van der Waals surface area contributed by atoms with Crippen LogP contribution in [0.25, 0.3) is 27.1 Å². The molecule has 1 aliphatic rings. The quantitative estimate of drug-likeness (QED) is 0.422. The fraction of sp³-hybridized carbons (Fsp3) is 0.0769. The topological polar surface area (TPSA) is 20.3 Å². The highest BCUT2D eigenvalue weighted by Gasteiger charge is 2.33. The van der Waals surface area contributed by atoms with Crippen LogP contribution in [0.3, 0.4) is 0 Å². The van der Waals surface area contributed by atoms with E-state index < -0.39 is 0 Å². The molecule has 0 fully saturated rings. The number of rotatable bonds is 2. The van der Waals surface area contributed by atoms with Gasteiger partial charge < -0.3 is 4.90 Å². The molecule has 28 heavy (non-hydrogen) atoms. The molecule has 4 aromatic carbocycles. The van der Waals surface area contributed by atoms with E-state index in [9.17, 15) is 4.79 Å². The van der Waals surface area contributed by atoms with Gasteiger partial charge in [0.25, 0.3) is 0 Å². The highest BCUT2D eigenvalue weighted by molar-refractivity contribution is 5.99. The first-order chi connectivity index (χ1) is 13.8. The molecule has 4 aromatic rings. The highest BCUT2D eigenvalue weighted by Crippen LogP contribution is 2.46. The van der Waals surface area contributed by atoms with Crippen LogP contribution in [0.2, 0.25) is 0 Å². The molecule has 0 saturated carbocycles. The van der Waals surface area contributed by atoms with Crippen LogP contribution < -0.4 is 0 Å². The highest BCUT2D eigenvalue weighted by atomic mass is 16.1. The van der Waals surface area contributed by atoms with Gasteiger partial charge in [-0.2, -0.15) is 0 Å². The maximum atomic E-state index is 11.9. The fourth-order valence-corrected chi connectivity index (χ4v) is 4.35. The van der Waals surface area contributed by atoms with Crippen molar-refractivity contribution < 1.29 is 4.79 Å². The molecule has 2 nitrogen and oxygen atoms in total. The lowest BCUT2D eigenvalue weighted by atomic mass is 9.83. The molecule has 0 aromatic heterocycles. The van der Waals surface area contributed by atoms with E-state index in [0.717, 1.165) is 16.7 Å². The second-order valence-corrected chi connectivity index (χ2v) is 7.21. The van der Waals surface area contributed by atoms with Crippen molar-refractivity contribution in [3.05, 3.63) is 108 Å². The fourth-order valence-electron chi connectivity index (χ4n) is 4.35. The molecule has 0 saturated heterocycles. The number of carbonyl (C=O) groups excluding carboxylic acids is 1. The van der Waals surface area contributed by atoms with Crippen molar-refractivity contribution in [1.29, 1.82) is 0 Å². The summed E-state index contributed by atoms with van der Waals surface area (Å²) in [5.74, 6) is 2.08. The van der Waals surface area contributed by atoms with Gasteiger partial charge >= 0.3 is 0 Å². The number of hydrogen-bond acceptors (Lipinski definition) is 2. The Morgan fingerprint density at radius 1 is 0.750 bits per heavy atom. The van der Waals surface area contributed by atoms with Crippen LogP contribution in [0.4, 0.5) is 0 Å². The number of allylic oxidation sites excluding steroid dienone is 1. The van der Waals surface area contributed by atoms with Gasteiger partial charge in [-0.25, -0.2) is 4.79 Å². The van der Waals surface area contributed by atoms with Crippen LogP contribution in [0.15, 0.2) is 96.8 Å². The van der Waals surface area contributed by atoms with Crippen LogP contribution >= 0.6 is 0 Å².